The van der Waals surface area contributed by atoms with E-state index in [0.29, 0.717) is 13.0 Å². The molecule has 0 radical (unpaired) electrons. The number of benzene rings is 2. The third kappa shape index (κ3) is 4.20. The summed E-state index contributed by atoms with van der Waals surface area (Å²) in [6.07, 6.45) is -0.0802. The zero-order valence-electron chi connectivity index (χ0n) is 14.3. The van der Waals surface area contributed by atoms with E-state index in [-0.39, 0.29) is 5.78 Å². The van der Waals surface area contributed by atoms with E-state index < -0.39 is 6.10 Å². The summed E-state index contributed by atoms with van der Waals surface area (Å²) in [4.78, 5) is 12.1. The van der Waals surface area contributed by atoms with Crippen molar-refractivity contribution in [3.63, 3.8) is 0 Å². The van der Waals surface area contributed by atoms with Gasteiger partial charge in [-0.15, -0.1) is 0 Å². The topological polar surface area (TPSA) is 35.5 Å². The SMILES string of the molecule is CCC(=O)[C@@H](OC)c1ccccc1COc1cc(C)ccc1C. The van der Waals surface area contributed by atoms with Gasteiger partial charge >= 0.3 is 0 Å². The van der Waals surface area contributed by atoms with Gasteiger partial charge in [-0.05, 0) is 42.2 Å². The predicted molar refractivity (Wildman–Crippen MR) is 91.7 cm³/mol. The van der Waals surface area contributed by atoms with Gasteiger partial charge in [0.25, 0.3) is 0 Å². The number of ketones is 1. The summed E-state index contributed by atoms with van der Waals surface area (Å²) in [5, 5.41) is 0. The van der Waals surface area contributed by atoms with E-state index in [0.717, 1.165) is 28.0 Å². The van der Waals surface area contributed by atoms with Gasteiger partial charge in [0.05, 0.1) is 0 Å². The van der Waals surface area contributed by atoms with E-state index in [1.807, 2.05) is 51.1 Å². The van der Waals surface area contributed by atoms with E-state index in [9.17, 15) is 4.79 Å². The van der Waals surface area contributed by atoms with E-state index in [1.165, 1.54) is 0 Å². The predicted octanol–water partition coefficient (Wildman–Crippen LogP) is 4.55. The van der Waals surface area contributed by atoms with Gasteiger partial charge in [0.15, 0.2) is 5.78 Å². The molecule has 1 atom stereocenters. The third-order valence-corrected chi connectivity index (χ3v) is 3.94. The highest BCUT2D eigenvalue weighted by Gasteiger charge is 2.21. The van der Waals surface area contributed by atoms with Crippen molar-refractivity contribution in [1.82, 2.24) is 0 Å². The number of hydrogen-bond acceptors (Lipinski definition) is 3. The molecule has 3 heteroatoms. The van der Waals surface area contributed by atoms with Crippen LogP contribution in [0.4, 0.5) is 0 Å². The second-order valence-electron chi connectivity index (χ2n) is 5.69. The summed E-state index contributed by atoms with van der Waals surface area (Å²) in [6.45, 7) is 6.33. The monoisotopic (exact) mass is 312 g/mol. The first-order valence-corrected chi connectivity index (χ1v) is 7.90. The minimum Gasteiger partial charge on any atom is -0.489 e. The first-order chi connectivity index (χ1) is 11.1. The van der Waals surface area contributed by atoms with Crippen molar-refractivity contribution in [2.24, 2.45) is 0 Å². The van der Waals surface area contributed by atoms with Crippen LogP contribution in [0, 0.1) is 13.8 Å². The number of carbonyl (C=O) groups excluding carboxylic acids is 1. The molecule has 122 valence electrons. The van der Waals surface area contributed by atoms with Gasteiger partial charge in [0, 0.05) is 13.5 Å². The molecule has 0 saturated carbocycles. The van der Waals surface area contributed by atoms with E-state index in [4.69, 9.17) is 9.47 Å². The summed E-state index contributed by atoms with van der Waals surface area (Å²) in [7, 11) is 1.57. The Balaban J connectivity index is 2.23. The Morgan fingerprint density at radius 1 is 1.13 bits per heavy atom. The van der Waals surface area contributed by atoms with Crippen LogP contribution >= 0.6 is 0 Å². The van der Waals surface area contributed by atoms with Crippen LogP contribution in [0.25, 0.3) is 0 Å². The first kappa shape index (κ1) is 17.2. The average molecular weight is 312 g/mol. The molecular formula is C20H24O3. The van der Waals surface area contributed by atoms with Crippen LogP contribution in [0.5, 0.6) is 5.75 Å². The van der Waals surface area contributed by atoms with Crippen molar-refractivity contribution in [3.05, 3.63) is 64.7 Å². The van der Waals surface area contributed by atoms with Crippen LogP contribution in [-0.4, -0.2) is 12.9 Å². The van der Waals surface area contributed by atoms with Crippen LogP contribution in [0.3, 0.4) is 0 Å². The smallest absolute Gasteiger partial charge is 0.165 e. The van der Waals surface area contributed by atoms with Crippen LogP contribution in [0.15, 0.2) is 42.5 Å². The molecule has 2 aromatic carbocycles. The summed E-state index contributed by atoms with van der Waals surface area (Å²) < 4.78 is 11.4. The van der Waals surface area contributed by atoms with Crippen molar-refractivity contribution in [3.8, 4) is 5.75 Å². The first-order valence-electron chi connectivity index (χ1n) is 7.90. The third-order valence-electron chi connectivity index (χ3n) is 3.94. The molecule has 0 aromatic heterocycles. The maximum atomic E-state index is 12.1. The second-order valence-corrected chi connectivity index (χ2v) is 5.69. The Hall–Kier alpha value is -2.13. The summed E-state index contributed by atoms with van der Waals surface area (Å²) in [6, 6.07) is 13.9. The zero-order chi connectivity index (χ0) is 16.8. The molecule has 2 rings (SSSR count). The Kier molecular flexibility index (Phi) is 5.94. The van der Waals surface area contributed by atoms with Crippen molar-refractivity contribution in [1.29, 1.82) is 0 Å². The lowest BCUT2D eigenvalue weighted by atomic mass is 9.98. The number of Topliss-reactive ketones (excluding diaryl/α,β-unsaturated/α-hetero) is 1. The largest absolute Gasteiger partial charge is 0.489 e. The molecule has 0 N–H and O–H groups in total. The molecule has 0 amide bonds. The average Bonchev–Trinajstić information content (AvgIpc) is 2.57. The fourth-order valence-corrected chi connectivity index (χ4v) is 2.56. The quantitative estimate of drug-likeness (QED) is 0.752. The van der Waals surface area contributed by atoms with E-state index in [1.54, 1.807) is 7.11 Å². The van der Waals surface area contributed by atoms with Crippen LogP contribution < -0.4 is 4.74 Å². The molecule has 3 nitrogen and oxygen atoms in total. The molecule has 0 bridgehead atoms. The number of rotatable bonds is 7. The lowest BCUT2D eigenvalue weighted by Crippen LogP contribution is -2.16. The lowest BCUT2D eigenvalue weighted by Gasteiger charge is -2.18. The molecule has 0 aliphatic rings. The van der Waals surface area contributed by atoms with Gasteiger partial charge in [0.1, 0.15) is 18.5 Å². The van der Waals surface area contributed by atoms with Crippen molar-refractivity contribution in [2.45, 2.75) is 39.9 Å². The standard InChI is InChI=1S/C20H24O3/c1-5-18(21)20(22-4)17-9-7-6-8-16(17)13-23-19-12-14(2)10-11-15(19)3/h6-12,20H,5,13H2,1-4H3/t20-/m0/s1. The Morgan fingerprint density at radius 3 is 2.57 bits per heavy atom. The molecule has 0 aliphatic heterocycles. The molecule has 0 fully saturated rings. The van der Waals surface area contributed by atoms with Gasteiger partial charge in [-0.2, -0.15) is 0 Å². The van der Waals surface area contributed by atoms with Gasteiger partial charge < -0.3 is 9.47 Å². The summed E-state index contributed by atoms with van der Waals surface area (Å²) in [5.41, 5.74) is 4.12. The maximum absolute atomic E-state index is 12.1. The number of hydrogen-bond donors (Lipinski definition) is 0. The molecule has 0 saturated heterocycles. The lowest BCUT2D eigenvalue weighted by molar-refractivity contribution is -0.128. The maximum Gasteiger partial charge on any atom is 0.165 e. The summed E-state index contributed by atoms with van der Waals surface area (Å²) in [5.74, 6) is 0.947. The van der Waals surface area contributed by atoms with Crippen LogP contribution in [0.1, 0.15) is 41.7 Å². The normalized spacial score (nSPS) is 12.0. The number of methoxy groups -OCH3 is 1. The fraction of sp³-hybridized carbons (Fsp3) is 0.350. The number of ether oxygens (including phenoxy) is 2. The second kappa shape index (κ2) is 7.93. The molecule has 2 aromatic rings. The highest BCUT2D eigenvalue weighted by Crippen LogP contribution is 2.26. The van der Waals surface area contributed by atoms with Gasteiger partial charge in [-0.1, -0.05) is 43.3 Å². The van der Waals surface area contributed by atoms with Crippen LogP contribution in [-0.2, 0) is 16.1 Å². The van der Waals surface area contributed by atoms with Crippen molar-refractivity contribution < 1.29 is 14.3 Å². The molecule has 0 unspecified atom stereocenters. The summed E-state index contributed by atoms with van der Waals surface area (Å²) >= 11 is 0. The van der Waals surface area contributed by atoms with E-state index >= 15 is 0 Å². The van der Waals surface area contributed by atoms with Crippen molar-refractivity contribution in [2.75, 3.05) is 7.11 Å². The zero-order valence-corrected chi connectivity index (χ0v) is 14.3. The number of aryl methyl sites for hydroxylation is 2. The van der Waals surface area contributed by atoms with Crippen molar-refractivity contribution >= 4 is 5.78 Å². The molecule has 0 heterocycles. The van der Waals surface area contributed by atoms with Gasteiger partial charge in [-0.3, -0.25) is 4.79 Å². The van der Waals surface area contributed by atoms with Gasteiger partial charge in [0.2, 0.25) is 0 Å². The molecule has 0 aliphatic carbocycles. The van der Waals surface area contributed by atoms with Gasteiger partial charge in [-0.25, -0.2) is 0 Å². The number of carbonyl (C=O) groups is 1. The molecule has 0 spiro atoms. The van der Waals surface area contributed by atoms with E-state index in [2.05, 4.69) is 12.1 Å². The highest BCUT2D eigenvalue weighted by atomic mass is 16.5. The molecule has 23 heavy (non-hydrogen) atoms. The minimum atomic E-state index is -0.529. The minimum absolute atomic E-state index is 0.0756. The molecular weight excluding hydrogens is 288 g/mol. The fourth-order valence-electron chi connectivity index (χ4n) is 2.56. The highest BCUT2D eigenvalue weighted by molar-refractivity contribution is 5.84. The Bertz CT molecular complexity index is 676. The Morgan fingerprint density at radius 2 is 1.87 bits per heavy atom. The van der Waals surface area contributed by atoms with Crippen LogP contribution in [0.2, 0.25) is 0 Å². The Labute approximate surface area is 138 Å².